The molecule has 2 aromatic heterocycles. The van der Waals surface area contributed by atoms with Gasteiger partial charge in [0.05, 0.1) is 30.3 Å². The number of oxazole rings is 1. The molecular weight excluding hydrogens is 402 g/mol. The van der Waals surface area contributed by atoms with Gasteiger partial charge in [0.2, 0.25) is 0 Å². The molecule has 0 saturated heterocycles. The Bertz CT molecular complexity index is 1040. The van der Waals surface area contributed by atoms with Crippen LogP contribution in [0.25, 0.3) is 11.3 Å². The summed E-state index contributed by atoms with van der Waals surface area (Å²) in [5, 5.41) is 5.08. The number of carbonyl (C=O) groups excluding carboxylic acids is 1. The zero-order chi connectivity index (χ0) is 21.1. The fourth-order valence-electron chi connectivity index (χ4n) is 2.98. The minimum absolute atomic E-state index is 0.285. The molecule has 0 spiro atoms. The van der Waals surface area contributed by atoms with E-state index in [4.69, 9.17) is 9.15 Å². The summed E-state index contributed by atoms with van der Waals surface area (Å²) in [6.45, 7) is 6.74. The number of hydrogen-bond acceptors (Lipinski definition) is 8. The van der Waals surface area contributed by atoms with E-state index in [9.17, 15) is 4.79 Å². The molecule has 0 bridgehead atoms. The van der Waals surface area contributed by atoms with Gasteiger partial charge in [-0.3, -0.25) is 5.43 Å². The molecule has 0 unspecified atom stereocenters. The summed E-state index contributed by atoms with van der Waals surface area (Å²) in [4.78, 5) is 23.6. The van der Waals surface area contributed by atoms with Gasteiger partial charge in [0.15, 0.2) is 12.2 Å². The summed E-state index contributed by atoms with van der Waals surface area (Å²) in [5.41, 5.74) is 5.33. The number of nitrogens with zero attached hydrogens (tertiary/aromatic N) is 4. The van der Waals surface area contributed by atoms with Gasteiger partial charge in [0.25, 0.3) is 0 Å². The van der Waals surface area contributed by atoms with Crippen LogP contribution >= 0.6 is 11.3 Å². The Morgan fingerprint density at radius 2 is 2.13 bits per heavy atom. The zero-order valence-corrected chi connectivity index (χ0v) is 17.9. The minimum atomic E-state index is -0.498. The third-order valence-electron chi connectivity index (χ3n) is 4.37. The second-order valence-corrected chi connectivity index (χ2v) is 9.00. The maximum Gasteiger partial charge on any atom is 0.410 e. The van der Waals surface area contributed by atoms with E-state index in [1.807, 2.05) is 45.0 Å². The molecule has 0 saturated carbocycles. The van der Waals surface area contributed by atoms with Crippen molar-refractivity contribution in [1.82, 2.24) is 14.9 Å². The van der Waals surface area contributed by atoms with E-state index in [2.05, 4.69) is 20.5 Å². The summed E-state index contributed by atoms with van der Waals surface area (Å²) in [5.74, 6) is 0.721. The van der Waals surface area contributed by atoms with Crippen molar-refractivity contribution in [3.63, 3.8) is 0 Å². The highest BCUT2D eigenvalue weighted by Crippen LogP contribution is 2.26. The summed E-state index contributed by atoms with van der Waals surface area (Å²) in [7, 11) is 0. The highest BCUT2D eigenvalue weighted by molar-refractivity contribution is 7.13. The molecule has 156 valence electrons. The van der Waals surface area contributed by atoms with Gasteiger partial charge in [-0.1, -0.05) is 0 Å². The number of carbonyl (C=O) groups is 1. The van der Waals surface area contributed by atoms with E-state index in [1.54, 1.807) is 28.6 Å². The van der Waals surface area contributed by atoms with E-state index in [0.717, 1.165) is 39.0 Å². The van der Waals surface area contributed by atoms with Gasteiger partial charge in [-0.15, -0.1) is 11.3 Å². The van der Waals surface area contributed by atoms with Crippen molar-refractivity contribution in [1.29, 1.82) is 0 Å². The average molecular weight is 426 g/mol. The lowest BCUT2D eigenvalue weighted by Crippen LogP contribution is -2.39. The van der Waals surface area contributed by atoms with Crippen LogP contribution in [0.15, 0.2) is 46.4 Å². The van der Waals surface area contributed by atoms with Gasteiger partial charge >= 0.3 is 6.09 Å². The van der Waals surface area contributed by atoms with Gasteiger partial charge < -0.3 is 14.1 Å². The number of nitrogens with one attached hydrogen (secondary N) is 1. The van der Waals surface area contributed by atoms with Crippen molar-refractivity contribution >= 4 is 29.3 Å². The van der Waals surface area contributed by atoms with Crippen LogP contribution < -0.4 is 5.43 Å². The maximum atomic E-state index is 12.3. The normalized spacial score (nSPS) is 14.0. The van der Waals surface area contributed by atoms with Crippen LogP contribution in [-0.4, -0.2) is 39.3 Å². The van der Waals surface area contributed by atoms with Crippen LogP contribution in [0.4, 0.5) is 10.5 Å². The number of thiazole rings is 1. The average Bonchev–Trinajstić information content (AvgIpc) is 3.36. The molecule has 1 aromatic carbocycles. The van der Waals surface area contributed by atoms with Crippen LogP contribution in [0.3, 0.4) is 0 Å². The Kier molecular flexibility index (Phi) is 5.54. The number of amides is 1. The molecule has 3 aromatic rings. The SMILES string of the molecule is CC(C)(C)OC(=O)N1CCc2nc(C=NNc3ccc(-c4cnco4)cc3)sc2C1. The number of rotatable bonds is 4. The topological polar surface area (TPSA) is 92.8 Å². The Hall–Kier alpha value is -3.20. The lowest BCUT2D eigenvalue weighted by molar-refractivity contribution is 0.0225. The highest BCUT2D eigenvalue weighted by atomic mass is 32.1. The summed E-state index contributed by atoms with van der Waals surface area (Å²) in [6.07, 6.45) is 5.22. The van der Waals surface area contributed by atoms with Crippen molar-refractivity contribution < 1.29 is 13.9 Å². The number of aromatic nitrogens is 2. The number of fused-ring (bicyclic) bond motifs is 1. The first-order valence-electron chi connectivity index (χ1n) is 9.62. The van der Waals surface area contributed by atoms with Crippen LogP contribution in [0.1, 0.15) is 36.3 Å². The second kappa shape index (κ2) is 8.27. The summed E-state index contributed by atoms with van der Waals surface area (Å²) in [6, 6.07) is 7.71. The Labute approximate surface area is 178 Å². The molecule has 30 heavy (non-hydrogen) atoms. The van der Waals surface area contributed by atoms with Crippen LogP contribution in [0.5, 0.6) is 0 Å². The molecule has 0 radical (unpaired) electrons. The van der Waals surface area contributed by atoms with Gasteiger partial charge in [-0.25, -0.2) is 14.8 Å². The lowest BCUT2D eigenvalue weighted by atomic mass is 10.2. The number of hydrazone groups is 1. The maximum absolute atomic E-state index is 12.3. The molecular formula is C21H23N5O3S. The molecule has 0 fully saturated rings. The third-order valence-corrected chi connectivity index (χ3v) is 5.39. The van der Waals surface area contributed by atoms with Gasteiger partial charge in [-0.2, -0.15) is 5.10 Å². The van der Waals surface area contributed by atoms with E-state index in [-0.39, 0.29) is 6.09 Å². The largest absolute Gasteiger partial charge is 0.444 e. The first-order chi connectivity index (χ1) is 14.4. The van der Waals surface area contributed by atoms with E-state index in [1.165, 1.54) is 6.39 Å². The standard InChI is InChI=1S/C21H23N5O3S/c1-21(2,3)29-20(27)26-9-8-16-18(12-26)30-19(24-16)11-23-25-15-6-4-14(5-7-15)17-10-22-13-28-17/h4-7,10-11,13,25H,8-9,12H2,1-3H3. The van der Waals surface area contributed by atoms with Crippen LogP contribution in [0, 0.1) is 0 Å². The van der Waals surface area contributed by atoms with Gasteiger partial charge in [0.1, 0.15) is 10.6 Å². The third kappa shape index (κ3) is 4.85. The fourth-order valence-corrected chi connectivity index (χ4v) is 3.98. The molecule has 9 heteroatoms. The van der Waals surface area contributed by atoms with E-state index < -0.39 is 5.60 Å². The molecule has 1 N–H and O–H groups in total. The van der Waals surface area contributed by atoms with Crippen molar-refractivity contribution in [2.45, 2.75) is 39.3 Å². The first-order valence-corrected chi connectivity index (χ1v) is 10.4. The summed E-state index contributed by atoms with van der Waals surface area (Å²) >= 11 is 1.54. The molecule has 0 aliphatic carbocycles. The van der Waals surface area contributed by atoms with Crippen molar-refractivity contribution in [3.05, 3.63) is 52.4 Å². The molecule has 1 aliphatic rings. The number of anilines is 1. The second-order valence-electron chi connectivity index (χ2n) is 7.89. The van der Waals surface area contributed by atoms with Gasteiger partial charge in [0, 0.05) is 23.4 Å². The van der Waals surface area contributed by atoms with Crippen LogP contribution in [-0.2, 0) is 17.7 Å². The van der Waals surface area contributed by atoms with E-state index >= 15 is 0 Å². The predicted octanol–water partition coefficient (Wildman–Crippen LogP) is 4.54. The monoisotopic (exact) mass is 425 g/mol. The van der Waals surface area contributed by atoms with Crippen molar-refractivity contribution in [2.24, 2.45) is 5.10 Å². The molecule has 4 rings (SSSR count). The smallest absolute Gasteiger partial charge is 0.410 e. The van der Waals surface area contributed by atoms with Crippen molar-refractivity contribution in [3.8, 4) is 11.3 Å². The molecule has 8 nitrogen and oxygen atoms in total. The molecule has 3 heterocycles. The predicted molar refractivity (Wildman–Crippen MR) is 116 cm³/mol. The lowest BCUT2D eigenvalue weighted by Gasteiger charge is -2.29. The zero-order valence-electron chi connectivity index (χ0n) is 17.1. The first kappa shape index (κ1) is 20.1. The summed E-state index contributed by atoms with van der Waals surface area (Å²) < 4.78 is 10.8. The quantitative estimate of drug-likeness (QED) is 0.487. The Balaban J connectivity index is 1.35. The molecule has 0 atom stereocenters. The van der Waals surface area contributed by atoms with E-state index in [0.29, 0.717) is 13.1 Å². The van der Waals surface area contributed by atoms with Crippen molar-refractivity contribution in [2.75, 3.05) is 12.0 Å². The Morgan fingerprint density at radius 3 is 2.83 bits per heavy atom. The number of benzene rings is 1. The minimum Gasteiger partial charge on any atom is -0.444 e. The molecule has 1 aliphatic heterocycles. The highest BCUT2D eigenvalue weighted by Gasteiger charge is 2.27. The molecule has 1 amide bonds. The van der Waals surface area contributed by atoms with Crippen LogP contribution in [0.2, 0.25) is 0 Å². The Morgan fingerprint density at radius 1 is 1.33 bits per heavy atom. The fraction of sp³-hybridized carbons (Fsp3) is 0.333. The number of ether oxygens (including phenoxy) is 1. The number of hydrogen-bond donors (Lipinski definition) is 1. The van der Waals surface area contributed by atoms with Gasteiger partial charge in [-0.05, 0) is 45.0 Å².